The maximum absolute atomic E-state index is 12.0. The number of hydrogen-bond acceptors (Lipinski definition) is 4. The summed E-state index contributed by atoms with van der Waals surface area (Å²) in [6.07, 6.45) is 2.08. The van der Waals surface area contributed by atoms with Crippen LogP contribution in [-0.4, -0.2) is 37.5 Å². The number of thioether (sulfide) groups is 1. The van der Waals surface area contributed by atoms with E-state index in [1.165, 1.54) is 23.9 Å². The molecule has 1 atom stereocenters. The van der Waals surface area contributed by atoms with Gasteiger partial charge in [0.1, 0.15) is 6.04 Å². The Morgan fingerprint density at radius 2 is 2.00 bits per heavy atom. The molecule has 0 spiro atoms. The lowest BCUT2D eigenvalue weighted by molar-refractivity contribution is -0.139. The molecule has 0 radical (unpaired) electrons. The van der Waals surface area contributed by atoms with Crippen molar-refractivity contribution in [3.05, 3.63) is 28.7 Å². The zero-order valence-corrected chi connectivity index (χ0v) is 13.4. The second-order valence-electron chi connectivity index (χ2n) is 3.75. The zero-order chi connectivity index (χ0) is 14.5. The number of carboxylic acid groups (broad SMARTS) is 1. The van der Waals surface area contributed by atoms with Crippen molar-refractivity contribution < 1.29 is 18.3 Å². The smallest absolute Gasteiger partial charge is 0.321 e. The number of aliphatic carboxylic acids is 1. The first-order chi connectivity index (χ1) is 8.86. The van der Waals surface area contributed by atoms with Gasteiger partial charge in [-0.1, -0.05) is 15.9 Å². The van der Waals surface area contributed by atoms with E-state index >= 15 is 0 Å². The Labute approximate surface area is 125 Å². The fraction of sp³-hybridized carbons (Fsp3) is 0.364. The van der Waals surface area contributed by atoms with E-state index in [1.807, 2.05) is 6.26 Å². The molecule has 1 aromatic carbocycles. The minimum absolute atomic E-state index is 0.0473. The van der Waals surface area contributed by atoms with E-state index in [2.05, 4.69) is 20.7 Å². The minimum Gasteiger partial charge on any atom is -0.480 e. The van der Waals surface area contributed by atoms with Crippen LogP contribution in [0.25, 0.3) is 0 Å². The number of carbonyl (C=O) groups is 1. The molecule has 0 fully saturated rings. The molecule has 1 aromatic rings. The Morgan fingerprint density at radius 3 is 2.47 bits per heavy atom. The summed E-state index contributed by atoms with van der Waals surface area (Å²) in [5.41, 5.74) is 0. The topological polar surface area (TPSA) is 83.5 Å². The van der Waals surface area contributed by atoms with Crippen LogP contribution in [0.15, 0.2) is 33.6 Å². The second kappa shape index (κ2) is 7.28. The number of rotatable bonds is 7. The molecule has 106 valence electrons. The van der Waals surface area contributed by atoms with Crippen molar-refractivity contribution in [2.75, 3.05) is 12.0 Å². The number of benzene rings is 1. The maximum atomic E-state index is 12.0. The van der Waals surface area contributed by atoms with Crippen molar-refractivity contribution in [3.8, 4) is 0 Å². The molecule has 0 aliphatic heterocycles. The molecule has 5 nitrogen and oxygen atoms in total. The van der Waals surface area contributed by atoms with Gasteiger partial charge in [-0.3, -0.25) is 4.79 Å². The summed E-state index contributed by atoms with van der Waals surface area (Å²) in [7, 11) is -3.81. The van der Waals surface area contributed by atoms with Gasteiger partial charge in [0.15, 0.2) is 0 Å². The van der Waals surface area contributed by atoms with Crippen LogP contribution in [-0.2, 0) is 14.8 Å². The molecule has 2 N–H and O–H groups in total. The molecule has 19 heavy (non-hydrogen) atoms. The third-order valence-electron chi connectivity index (χ3n) is 2.33. The van der Waals surface area contributed by atoms with Gasteiger partial charge < -0.3 is 5.11 Å². The van der Waals surface area contributed by atoms with Crippen LogP contribution in [0.2, 0.25) is 0 Å². The van der Waals surface area contributed by atoms with Gasteiger partial charge in [0, 0.05) is 4.47 Å². The third kappa shape index (κ3) is 5.13. The normalized spacial score (nSPS) is 13.2. The van der Waals surface area contributed by atoms with Crippen molar-refractivity contribution in [1.82, 2.24) is 4.72 Å². The molecule has 0 aromatic heterocycles. The summed E-state index contributed by atoms with van der Waals surface area (Å²) >= 11 is 4.68. The molecule has 1 unspecified atom stereocenters. The lowest BCUT2D eigenvalue weighted by Crippen LogP contribution is -2.41. The van der Waals surface area contributed by atoms with Crippen LogP contribution in [0.3, 0.4) is 0 Å². The Bertz CT molecular complexity index is 530. The highest BCUT2D eigenvalue weighted by Crippen LogP contribution is 2.15. The monoisotopic (exact) mass is 367 g/mol. The van der Waals surface area contributed by atoms with Gasteiger partial charge in [0.05, 0.1) is 4.90 Å². The minimum atomic E-state index is -3.81. The highest BCUT2D eigenvalue weighted by atomic mass is 79.9. The molecule has 0 saturated carbocycles. The first-order valence-electron chi connectivity index (χ1n) is 5.36. The van der Waals surface area contributed by atoms with Gasteiger partial charge in [0.2, 0.25) is 10.0 Å². The third-order valence-corrected chi connectivity index (χ3v) is 4.99. The van der Waals surface area contributed by atoms with E-state index in [9.17, 15) is 13.2 Å². The SMILES string of the molecule is CSCCC(NS(=O)(=O)c1ccc(Br)cc1)C(=O)O. The summed E-state index contributed by atoms with van der Waals surface area (Å²) in [5.74, 6) is -0.602. The molecule has 0 amide bonds. The van der Waals surface area contributed by atoms with Crippen LogP contribution in [0.5, 0.6) is 0 Å². The van der Waals surface area contributed by atoms with E-state index in [4.69, 9.17) is 5.11 Å². The van der Waals surface area contributed by atoms with Crippen molar-refractivity contribution in [2.45, 2.75) is 17.4 Å². The Balaban J connectivity index is 2.87. The standard InChI is InChI=1S/C11H14BrNO4S2/c1-18-7-6-10(11(14)15)13-19(16,17)9-4-2-8(12)3-5-9/h2-5,10,13H,6-7H2,1H3,(H,14,15). The summed E-state index contributed by atoms with van der Waals surface area (Å²) in [6, 6.07) is 4.90. The van der Waals surface area contributed by atoms with Crippen molar-refractivity contribution in [3.63, 3.8) is 0 Å². The predicted molar refractivity (Wildman–Crippen MR) is 78.9 cm³/mol. The Hall–Kier alpha value is -0.570. The van der Waals surface area contributed by atoms with E-state index < -0.39 is 22.0 Å². The van der Waals surface area contributed by atoms with Gasteiger partial charge in [-0.25, -0.2) is 8.42 Å². The number of hydrogen-bond donors (Lipinski definition) is 2. The largest absolute Gasteiger partial charge is 0.480 e. The molecule has 0 heterocycles. The van der Waals surface area contributed by atoms with E-state index in [1.54, 1.807) is 12.1 Å². The highest BCUT2D eigenvalue weighted by Gasteiger charge is 2.24. The van der Waals surface area contributed by atoms with Crippen LogP contribution in [0.4, 0.5) is 0 Å². The molecular weight excluding hydrogens is 354 g/mol. The number of carboxylic acids is 1. The number of sulfonamides is 1. The number of nitrogens with one attached hydrogen (secondary N) is 1. The van der Waals surface area contributed by atoms with Crippen molar-refractivity contribution in [1.29, 1.82) is 0 Å². The van der Waals surface area contributed by atoms with E-state index in [0.717, 1.165) is 4.47 Å². The van der Waals surface area contributed by atoms with Gasteiger partial charge in [-0.2, -0.15) is 16.5 Å². The molecule has 0 aliphatic rings. The van der Waals surface area contributed by atoms with Gasteiger partial charge in [-0.05, 0) is 42.7 Å². The summed E-state index contributed by atoms with van der Waals surface area (Å²) in [5, 5.41) is 9.01. The first kappa shape index (κ1) is 16.5. The quantitative estimate of drug-likeness (QED) is 0.769. The maximum Gasteiger partial charge on any atom is 0.321 e. The molecule has 0 bridgehead atoms. The number of halogens is 1. The van der Waals surface area contributed by atoms with Crippen LogP contribution >= 0.6 is 27.7 Å². The molecule has 0 saturated heterocycles. The average Bonchev–Trinajstić information content (AvgIpc) is 2.34. The molecule has 0 aliphatic carbocycles. The van der Waals surface area contributed by atoms with E-state index in [0.29, 0.717) is 5.75 Å². The average molecular weight is 368 g/mol. The molecule has 8 heteroatoms. The van der Waals surface area contributed by atoms with Crippen LogP contribution in [0.1, 0.15) is 6.42 Å². The Kier molecular flexibility index (Phi) is 6.31. The molecule has 1 rings (SSSR count). The van der Waals surface area contributed by atoms with Gasteiger partial charge in [-0.15, -0.1) is 0 Å². The van der Waals surface area contributed by atoms with Crippen molar-refractivity contribution in [2.24, 2.45) is 0 Å². The summed E-state index contributed by atoms with van der Waals surface area (Å²) < 4.78 is 27.0. The summed E-state index contributed by atoms with van der Waals surface area (Å²) in [4.78, 5) is 11.1. The fourth-order valence-electron chi connectivity index (χ4n) is 1.34. The van der Waals surface area contributed by atoms with Gasteiger partial charge in [0.25, 0.3) is 0 Å². The zero-order valence-electron chi connectivity index (χ0n) is 10.2. The Morgan fingerprint density at radius 1 is 1.42 bits per heavy atom. The highest BCUT2D eigenvalue weighted by molar-refractivity contribution is 9.10. The lowest BCUT2D eigenvalue weighted by Gasteiger charge is -2.14. The fourth-order valence-corrected chi connectivity index (χ4v) is 3.30. The van der Waals surface area contributed by atoms with Crippen molar-refractivity contribution >= 4 is 43.7 Å². The lowest BCUT2D eigenvalue weighted by atomic mass is 10.2. The van der Waals surface area contributed by atoms with Crippen LogP contribution < -0.4 is 4.72 Å². The van der Waals surface area contributed by atoms with E-state index in [-0.39, 0.29) is 11.3 Å². The predicted octanol–water partition coefficient (Wildman–Crippen LogP) is 1.93. The summed E-state index contributed by atoms with van der Waals surface area (Å²) in [6.45, 7) is 0. The molecular formula is C11H14BrNO4S2. The van der Waals surface area contributed by atoms with Gasteiger partial charge >= 0.3 is 5.97 Å². The second-order valence-corrected chi connectivity index (χ2v) is 7.36. The van der Waals surface area contributed by atoms with Crippen LogP contribution in [0, 0.1) is 0 Å². The first-order valence-corrected chi connectivity index (χ1v) is 9.03.